The lowest BCUT2D eigenvalue weighted by Crippen LogP contribution is -2.18. The molecule has 0 aliphatic heterocycles. The molecule has 9 heavy (non-hydrogen) atoms. The molecule has 1 atom stereocenters. The topological polar surface area (TPSA) is 32.7 Å². The molecule has 0 aromatic heterocycles. The normalized spacial score (nSPS) is 13.3. The van der Waals surface area contributed by atoms with E-state index in [1.807, 2.05) is 6.92 Å². The highest BCUT2D eigenvalue weighted by Gasteiger charge is 1.99. The van der Waals surface area contributed by atoms with E-state index in [9.17, 15) is 4.21 Å². The van der Waals surface area contributed by atoms with Crippen LogP contribution in [0.5, 0.6) is 0 Å². The molecule has 0 fully saturated rings. The first kappa shape index (κ1) is 9.07. The summed E-state index contributed by atoms with van der Waals surface area (Å²) in [5, 5.41) is 1.56. The van der Waals surface area contributed by atoms with Gasteiger partial charge in [-0.05, 0) is 6.92 Å². The van der Waals surface area contributed by atoms with Gasteiger partial charge in [-0.2, -0.15) is 9.22 Å². The van der Waals surface area contributed by atoms with Crippen LogP contribution in [0.4, 0.5) is 0 Å². The summed E-state index contributed by atoms with van der Waals surface area (Å²) in [6.07, 6.45) is 0. The minimum absolute atomic E-state index is 0.0332. The lowest BCUT2D eigenvalue weighted by Gasteiger charge is -2.07. The summed E-state index contributed by atoms with van der Waals surface area (Å²) in [6.45, 7) is 2.46. The van der Waals surface area contributed by atoms with Crippen LogP contribution in [-0.2, 0) is 11.5 Å². The summed E-state index contributed by atoms with van der Waals surface area (Å²) in [4.78, 5) is 0. The van der Waals surface area contributed by atoms with Crippen molar-refractivity contribution in [2.24, 2.45) is 4.47 Å². The van der Waals surface area contributed by atoms with E-state index in [1.54, 1.807) is 7.05 Å². The molecule has 0 amide bonds. The second-order valence-electron chi connectivity index (χ2n) is 1.78. The van der Waals surface area contributed by atoms with Crippen molar-refractivity contribution in [3.05, 3.63) is 0 Å². The van der Waals surface area contributed by atoms with Crippen molar-refractivity contribution in [3.8, 4) is 0 Å². The van der Waals surface area contributed by atoms with Crippen molar-refractivity contribution < 1.29 is 4.21 Å². The predicted molar refractivity (Wildman–Crippen MR) is 38.5 cm³/mol. The molecule has 0 aliphatic rings. The SMILES string of the molecule is CC(Cl)CN(C)N=S=O. The minimum Gasteiger partial charge on any atom is -0.190 e. The number of halogens is 1. The Morgan fingerprint density at radius 3 is 2.78 bits per heavy atom. The maximum Gasteiger partial charge on any atom is 0.217 e. The standard InChI is InChI=1S/C4H9ClN2OS/c1-4(5)3-7(2)6-9-8/h4H,3H2,1-2H3. The quantitative estimate of drug-likeness (QED) is 0.463. The molecule has 0 N–H and O–H groups in total. The van der Waals surface area contributed by atoms with Crippen molar-refractivity contribution in [3.63, 3.8) is 0 Å². The van der Waals surface area contributed by atoms with Gasteiger partial charge in [0.25, 0.3) is 0 Å². The highest BCUT2D eigenvalue weighted by molar-refractivity contribution is 7.54. The maximum absolute atomic E-state index is 9.79. The zero-order valence-electron chi connectivity index (χ0n) is 5.37. The molecule has 0 saturated carbocycles. The van der Waals surface area contributed by atoms with Gasteiger partial charge >= 0.3 is 0 Å². The molecule has 54 valence electrons. The molecule has 0 spiro atoms. The third kappa shape index (κ3) is 5.95. The van der Waals surface area contributed by atoms with Crippen molar-refractivity contribution in [1.82, 2.24) is 5.01 Å². The molecule has 5 heteroatoms. The van der Waals surface area contributed by atoms with Crippen LogP contribution in [0.25, 0.3) is 0 Å². The fourth-order valence-electron chi connectivity index (χ4n) is 0.454. The monoisotopic (exact) mass is 168 g/mol. The van der Waals surface area contributed by atoms with Gasteiger partial charge in [-0.1, -0.05) is 0 Å². The highest BCUT2D eigenvalue weighted by atomic mass is 35.5. The minimum atomic E-state index is 0.0332. The Hall–Kier alpha value is 0.0700. The molecule has 0 aliphatic carbocycles. The van der Waals surface area contributed by atoms with Gasteiger partial charge in [0.2, 0.25) is 11.5 Å². The zero-order chi connectivity index (χ0) is 7.28. The molecular formula is C4H9ClN2OS. The Labute approximate surface area is 63.2 Å². The summed E-state index contributed by atoms with van der Waals surface area (Å²) in [5.41, 5.74) is 0. The Bertz CT molecular complexity index is 124. The molecule has 0 aromatic rings. The van der Waals surface area contributed by atoms with E-state index in [0.717, 1.165) is 0 Å². The van der Waals surface area contributed by atoms with Crippen LogP contribution in [0, 0.1) is 0 Å². The summed E-state index contributed by atoms with van der Waals surface area (Å²) in [5.74, 6) is 0. The number of nitrogens with zero attached hydrogens (tertiary/aromatic N) is 2. The molecule has 0 radical (unpaired) electrons. The van der Waals surface area contributed by atoms with Crippen molar-refractivity contribution in [2.75, 3.05) is 13.6 Å². The third-order valence-corrected chi connectivity index (χ3v) is 1.17. The zero-order valence-corrected chi connectivity index (χ0v) is 6.95. The van der Waals surface area contributed by atoms with Gasteiger partial charge in [0.15, 0.2) is 0 Å². The average molecular weight is 169 g/mol. The molecule has 0 heterocycles. The van der Waals surface area contributed by atoms with Crippen molar-refractivity contribution in [2.45, 2.75) is 12.3 Å². The van der Waals surface area contributed by atoms with Crippen LogP contribution < -0.4 is 0 Å². The van der Waals surface area contributed by atoms with Gasteiger partial charge in [0.1, 0.15) is 0 Å². The van der Waals surface area contributed by atoms with Gasteiger partial charge in [-0.3, -0.25) is 0 Å². The highest BCUT2D eigenvalue weighted by Crippen LogP contribution is 1.95. The first-order valence-corrected chi connectivity index (χ1v) is 3.65. The number of hydrogen-bond donors (Lipinski definition) is 0. The Kier molecular flexibility index (Phi) is 4.94. The third-order valence-electron chi connectivity index (χ3n) is 0.689. The predicted octanol–water partition coefficient (Wildman–Crippen LogP) is 0.857. The molecule has 3 nitrogen and oxygen atoms in total. The molecule has 0 bridgehead atoms. The smallest absolute Gasteiger partial charge is 0.190 e. The van der Waals surface area contributed by atoms with E-state index in [0.29, 0.717) is 6.54 Å². The van der Waals surface area contributed by atoms with E-state index in [1.165, 1.54) is 5.01 Å². The molecular weight excluding hydrogens is 160 g/mol. The molecule has 0 aromatic carbocycles. The van der Waals surface area contributed by atoms with E-state index < -0.39 is 0 Å². The molecule has 1 unspecified atom stereocenters. The lowest BCUT2D eigenvalue weighted by atomic mass is 10.5. The van der Waals surface area contributed by atoms with Gasteiger partial charge in [0, 0.05) is 19.0 Å². The number of alkyl halides is 1. The van der Waals surface area contributed by atoms with Gasteiger partial charge in [-0.25, -0.2) is 0 Å². The van der Waals surface area contributed by atoms with Gasteiger partial charge < -0.3 is 0 Å². The van der Waals surface area contributed by atoms with Crippen LogP contribution in [-0.4, -0.2) is 28.2 Å². The Balaban J connectivity index is 3.49. The van der Waals surface area contributed by atoms with Crippen LogP contribution in [0.1, 0.15) is 6.92 Å². The Morgan fingerprint density at radius 2 is 2.44 bits per heavy atom. The largest absolute Gasteiger partial charge is 0.217 e. The maximum atomic E-state index is 9.79. The van der Waals surface area contributed by atoms with Crippen molar-refractivity contribution in [1.29, 1.82) is 0 Å². The number of rotatable bonds is 3. The fraction of sp³-hybridized carbons (Fsp3) is 1.00. The van der Waals surface area contributed by atoms with E-state index in [4.69, 9.17) is 11.6 Å². The van der Waals surface area contributed by atoms with E-state index in [2.05, 4.69) is 4.47 Å². The fourth-order valence-corrected chi connectivity index (χ4v) is 0.835. The first-order chi connectivity index (χ1) is 4.16. The molecule has 0 rings (SSSR count). The van der Waals surface area contributed by atoms with E-state index in [-0.39, 0.29) is 16.8 Å². The van der Waals surface area contributed by atoms with E-state index >= 15 is 0 Å². The van der Waals surface area contributed by atoms with Gasteiger partial charge in [0.05, 0.1) is 0 Å². The summed E-state index contributed by atoms with van der Waals surface area (Å²) >= 11 is 5.79. The summed E-state index contributed by atoms with van der Waals surface area (Å²) in [7, 11) is 1.71. The second kappa shape index (κ2) is 4.90. The molecule has 0 saturated heterocycles. The average Bonchev–Trinajstić information content (AvgIpc) is 1.63. The van der Waals surface area contributed by atoms with Crippen LogP contribution in [0.2, 0.25) is 0 Å². The Morgan fingerprint density at radius 1 is 1.89 bits per heavy atom. The summed E-state index contributed by atoms with van der Waals surface area (Å²) < 4.78 is 13.3. The second-order valence-corrected chi connectivity index (χ2v) is 2.83. The number of hydrogen-bond acceptors (Lipinski definition) is 2. The first-order valence-electron chi connectivity index (χ1n) is 2.52. The van der Waals surface area contributed by atoms with Crippen LogP contribution in [0.3, 0.4) is 0 Å². The summed E-state index contributed by atoms with van der Waals surface area (Å²) in [6, 6.07) is 0. The van der Waals surface area contributed by atoms with Gasteiger partial charge in [-0.15, -0.1) is 16.1 Å². The van der Waals surface area contributed by atoms with Crippen LogP contribution >= 0.6 is 11.6 Å². The lowest BCUT2D eigenvalue weighted by molar-refractivity contribution is 0.364. The van der Waals surface area contributed by atoms with Crippen molar-refractivity contribution >= 4 is 23.1 Å². The van der Waals surface area contributed by atoms with Crippen LogP contribution in [0.15, 0.2) is 4.47 Å².